The Labute approximate surface area is 184 Å². The summed E-state index contributed by atoms with van der Waals surface area (Å²) in [6.45, 7) is 10.5. The molecule has 0 unspecified atom stereocenters. The largest absolute Gasteiger partial charge is 0.338 e. The Bertz CT molecular complexity index is 1090. The van der Waals surface area contributed by atoms with Crippen molar-refractivity contribution in [3.63, 3.8) is 0 Å². The maximum atomic E-state index is 12.8. The van der Waals surface area contributed by atoms with Gasteiger partial charge in [0.25, 0.3) is 5.56 Å². The Balaban J connectivity index is 2.27. The van der Waals surface area contributed by atoms with E-state index in [1.807, 2.05) is 27.7 Å². The van der Waals surface area contributed by atoms with Crippen LogP contribution in [0, 0.1) is 18.8 Å². The van der Waals surface area contributed by atoms with E-state index in [9.17, 15) is 19.2 Å². The van der Waals surface area contributed by atoms with Crippen LogP contribution in [0.5, 0.6) is 0 Å². The molecule has 11 heteroatoms. The van der Waals surface area contributed by atoms with Crippen molar-refractivity contribution in [2.75, 3.05) is 12.3 Å². The van der Waals surface area contributed by atoms with Gasteiger partial charge in [-0.05, 0) is 25.2 Å². The third kappa shape index (κ3) is 6.39. The molecule has 2 rings (SSSR count). The lowest BCUT2D eigenvalue weighted by atomic mass is 10.1. The second-order valence-corrected chi connectivity index (χ2v) is 9.17. The van der Waals surface area contributed by atoms with Gasteiger partial charge in [0.05, 0.1) is 5.75 Å². The Morgan fingerprint density at radius 2 is 1.77 bits per heavy atom. The summed E-state index contributed by atoms with van der Waals surface area (Å²) >= 11 is 1.03. The molecule has 0 saturated heterocycles. The normalized spacial score (nSPS) is 11.4. The molecule has 0 aliphatic carbocycles. The Morgan fingerprint density at radius 1 is 1.10 bits per heavy atom. The van der Waals surface area contributed by atoms with Gasteiger partial charge < -0.3 is 5.32 Å². The summed E-state index contributed by atoms with van der Waals surface area (Å²) in [5.41, 5.74) is -0.714. The molecule has 0 atom stereocenters. The van der Waals surface area contributed by atoms with Gasteiger partial charge in [-0.15, -0.1) is 0 Å². The highest BCUT2D eigenvalue weighted by atomic mass is 32.2. The molecular weight excluding hydrogens is 420 g/mol. The van der Waals surface area contributed by atoms with Gasteiger partial charge in [-0.25, -0.2) is 19.6 Å². The van der Waals surface area contributed by atoms with Crippen molar-refractivity contribution in [1.82, 2.24) is 29.7 Å². The molecule has 0 radical (unpaired) electrons. The number of fused-ring (bicyclic) bond motifs is 1. The quantitative estimate of drug-likeness (QED) is 0.460. The van der Waals surface area contributed by atoms with E-state index >= 15 is 0 Å². The van der Waals surface area contributed by atoms with Crippen molar-refractivity contribution >= 4 is 34.7 Å². The Hall–Kier alpha value is -2.69. The SMILES string of the molecule is Cc1nc(SCC(=O)NC(=O)NCCC(C)C)c2c(=O)n(C)c(=O)n(CC(C)C)c2n1. The second kappa shape index (κ2) is 10.6. The number of nitrogens with one attached hydrogen (secondary N) is 2. The monoisotopic (exact) mass is 450 g/mol. The number of aryl methyl sites for hydroxylation is 1. The van der Waals surface area contributed by atoms with Crippen LogP contribution >= 0.6 is 11.8 Å². The minimum Gasteiger partial charge on any atom is -0.338 e. The van der Waals surface area contributed by atoms with Crippen LogP contribution in [0.15, 0.2) is 14.6 Å². The van der Waals surface area contributed by atoms with Crippen LogP contribution in [0.25, 0.3) is 11.0 Å². The van der Waals surface area contributed by atoms with Crippen LogP contribution < -0.4 is 21.9 Å². The highest BCUT2D eigenvalue weighted by molar-refractivity contribution is 8.00. The number of imide groups is 1. The molecule has 0 fully saturated rings. The summed E-state index contributed by atoms with van der Waals surface area (Å²) in [6.07, 6.45) is 0.809. The first-order chi connectivity index (χ1) is 14.5. The molecule has 0 bridgehead atoms. The molecule has 0 aliphatic rings. The zero-order chi connectivity index (χ0) is 23.3. The van der Waals surface area contributed by atoms with E-state index in [-0.39, 0.29) is 22.7 Å². The summed E-state index contributed by atoms with van der Waals surface area (Å²) in [5, 5.41) is 5.39. The standard InChI is InChI=1S/C20H30N6O4S/c1-11(2)7-8-21-19(29)24-14(27)10-31-17-15-16(22-13(5)23-17)26(9-12(3)4)20(30)25(6)18(15)28/h11-12H,7-10H2,1-6H3,(H2,21,24,27,29). The number of hydrogen-bond donors (Lipinski definition) is 2. The van der Waals surface area contributed by atoms with Crippen molar-refractivity contribution < 1.29 is 9.59 Å². The van der Waals surface area contributed by atoms with E-state index in [4.69, 9.17) is 0 Å². The van der Waals surface area contributed by atoms with Crippen molar-refractivity contribution in [3.05, 3.63) is 26.7 Å². The van der Waals surface area contributed by atoms with E-state index in [1.54, 1.807) is 6.92 Å². The molecule has 2 heterocycles. The third-order valence-electron chi connectivity index (χ3n) is 4.41. The summed E-state index contributed by atoms with van der Waals surface area (Å²) < 4.78 is 2.48. The molecule has 31 heavy (non-hydrogen) atoms. The summed E-state index contributed by atoms with van der Waals surface area (Å²) in [4.78, 5) is 58.1. The minimum absolute atomic E-state index is 0.115. The fourth-order valence-corrected chi connectivity index (χ4v) is 3.75. The lowest BCUT2D eigenvalue weighted by molar-refractivity contribution is -0.117. The number of carbonyl (C=O) groups is 2. The van der Waals surface area contributed by atoms with Gasteiger partial charge in [0.15, 0.2) is 5.65 Å². The van der Waals surface area contributed by atoms with Crippen molar-refractivity contribution in [1.29, 1.82) is 0 Å². The molecule has 2 N–H and O–H groups in total. The minimum atomic E-state index is -0.559. The molecule has 0 aliphatic heterocycles. The molecule has 170 valence electrons. The highest BCUT2D eigenvalue weighted by Gasteiger charge is 2.19. The maximum absolute atomic E-state index is 12.8. The lowest BCUT2D eigenvalue weighted by Gasteiger charge is -2.15. The first-order valence-electron chi connectivity index (χ1n) is 10.2. The lowest BCUT2D eigenvalue weighted by Crippen LogP contribution is -2.41. The number of aromatic nitrogens is 4. The van der Waals surface area contributed by atoms with Crippen LogP contribution in [0.3, 0.4) is 0 Å². The second-order valence-electron chi connectivity index (χ2n) is 8.20. The van der Waals surface area contributed by atoms with Crippen molar-refractivity contribution in [3.8, 4) is 0 Å². The van der Waals surface area contributed by atoms with Gasteiger partial charge in [0, 0.05) is 20.1 Å². The van der Waals surface area contributed by atoms with E-state index in [0.717, 1.165) is 22.7 Å². The van der Waals surface area contributed by atoms with Gasteiger partial charge in [-0.2, -0.15) is 0 Å². The van der Waals surface area contributed by atoms with E-state index < -0.39 is 23.2 Å². The molecular formula is C20H30N6O4S. The number of nitrogens with zero attached hydrogens (tertiary/aromatic N) is 4. The Morgan fingerprint density at radius 3 is 2.39 bits per heavy atom. The zero-order valence-electron chi connectivity index (χ0n) is 18.8. The summed E-state index contributed by atoms with van der Waals surface area (Å²) in [7, 11) is 1.41. The number of hydrogen-bond acceptors (Lipinski definition) is 7. The third-order valence-corrected chi connectivity index (χ3v) is 5.38. The number of rotatable bonds is 8. The number of amides is 3. The molecule has 0 spiro atoms. The van der Waals surface area contributed by atoms with Gasteiger partial charge in [0.1, 0.15) is 16.2 Å². The van der Waals surface area contributed by atoms with Gasteiger partial charge in [-0.1, -0.05) is 39.5 Å². The van der Waals surface area contributed by atoms with Gasteiger partial charge >= 0.3 is 11.7 Å². The van der Waals surface area contributed by atoms with Crippen LogP contribution in [-0.4, -0.2) is 43.3 Å². The number of carbonyl (C=O) groups excluding carboxylic acids is 2. The van der Waals surface area contributed by atoms with Crippen LogP contribution in [-0.2, 0) is 18.4 Å². The zero-order valence-corrected chi connectivity index (χ0v) is 19.6. The molecule has 10 nitrogen and oxygen atoms in total. The first-order valence-corrected chi connectivity index (χ1v) is 11.2. The van der Waals surface area contributed by atoms with E-state index in [1.165, 1.54) is 11.6 Å². The molecule has 0 aromatic carbocycles. The van der Waals surface area contributed by atoms with Crippen molar-refractivity contribution in [2.45, 2.75) is 52.6 Å². The van der Waals surface area contributed by atoms with Crippen LogP contribution in [0.2, 0.25) is 0 Å². The molecule has 0 saturated carbocycles. The number of urea groups is 1. The summed E-state index contributed by atoms with van der Waals surface area (Å²) in [5.74, 6) is 0.354. The van der Waals surface area contributed by atoms with E-state index in [0.29, 0.717) is 29.9 Å². The first kappa shape index (κ1) is 24.6. The fourth-order valence-electron chi connectivity index (χ4n) is 2.89. The Kier molecular flexibility index (Phi) is 8.37. The number of thioether (sulfide) groups is 1. The smallest absolute Gasteiger partial charge is 0.332 e. The topological polar surface area (TPSA) is 128 Å². The van der Waals surface area contributed by atoms with Crippen LogP contribution in [0.1, 0.15) is 39.9 Å². The average molecular weight is 451 g/mol. The molecule has 2 aromatic heterocycles. The predicted molar refractivity (Wildman–Crippen MR) is 120 cm³/mol. The van der Waals surface area contributed by atoms with Crippen LogP contribution in [0.4, 0.5) is 4.79 Å². The van der Waals surface area contributed by atoms with Gasteiger partial charge in [0.2, 0.25) is 5.91 Å². The summed E-state index contributed by atoms with van der Waals surface area (Å²) in [6, 6.07) is -0.559. The maximum Gasteiger partial charge on any atom is 0.332 e. The predicted octanol–water partition coefficient (Wildman–Crippen LogP) is 1.42. The van der Waals surface area contributed by atoms with E-state index in [2.05, 4.69) is 20.6 Å². The average Bonchev–Trinajstić information content (AvgIpc) is 2.67. The fraction of sp³-hybridized carbons (Fsp3) is 0.600. The molecule has 2 aromatic rings. The highest BCUT2D eigenvalue weighted by Crippen LogP contribution is 2.22. The van der Waals surface area contributed by atoms with Crippen molar-refractivity contribution in [2.24, 2.45) is 18.9 Å². The van der Waals surface area contributed by atoms with Gasteiger partial charge in [-0.3, -0.25) is 24.0 Å². The molecule has 3 amide bonds.